The van der Waals surface area contributed by atoms with Crippen LogP contribution in [0.1, 0.15) is 5.56 Å². The molecule has 0 unspecified atom stereocenters. The Morgan fingerprint density at radius 2 is 1.71 bits per heavy atom. The molecule has 2 N–H and O–H groups in total. The van der Waals surface area contributed by atoms with Crippen LogP contribution in [-0.4, -0.2) is 20.9 Å². The van der Waals surface area contributed by atoms with Crippen LogP contribution in [0.5, 0.6) is 0 Å². The van der Waals surface area contributed by atoms with E-state index in [9.17, 15) is 13.2 Å². The van der Waals surface area contributed by atoms with E-state index in [4.69, 9.17) is 11.6 Å². The van der Waals surface area contributed by atoms with Crippen molar-refractivity contribution in [2.24, 2.45) is 0 Å². The molecule has 2 rings (SSSR count). The van der Waals surface area contributed by atoms with Gasteiger partial charge >= 0.3 is 0 Å². The Kier molecular flexibility index (Phi) is 6.14. The van der Waals surface area contributed by atoms with Crippen LogP contribution in [0.3, 0.4) is 0 Å². The molecule has 0 radical (unpaired) electrons. The van der Waals surface area contributed by atoms with Crippen molar-refractivity contribution in [3.8, 4) is 0 Å². The summed E-state index contributed by atoms with van der Waals surface area (Å²) in [6.45, 7) is 3.62. The average molecular weight is 365 g/mol. The van der Waals surface area contributed by atoms with Gasteiger partial charge in [-0.05, 0) is 42.0 Å². The van der Waals surface area contributed by atoms with Crippen LogP contribution in [0.25, 0.3) is 0 Å². The van der Waals surface area contributed by atoms with Gasteiger partial charge in [0.05, 0.1) is 11.3 Å². The first kappa shape index (κ1) is 18.2. The van der Waals surface area contributed by atoms with Gasteiger partial charge in [0, 0.05) is 17.3 Å². The van der Waals surface area contributed by atoms with Crippen molar-refractivity contribution in [1.29, 1.82) is 0 Å². The molecule has 0 heterocycles. The molecule has 24 heavy (non-hydrogen) atoms. The molecule has 5 nitrogen and oxygen atoms in total. The minimum atomic E-state index is -3.57. The number of sulfonamides is 1. The normalized spacial score (nSPS) is 11.0. The van der Waals surface area contributed by atoms with E-state index in [1.807, 2.05) is 0 Å². The highest BCUT2D eigenvalue weighted by Crippen LogP contribution is 2.15. The van der Waals surface area contributed by atoms with Crippen molar-refractivity contribution in [3.05, 3.63) is 71.8 Å². The number of nitrogens with one attached hydrogen (secondary N) is 2. The second-order valence-corrected chi connectivity index (χ2v) is 7.22. The van der Waals surface area contributed by atoms with E-state index in [0.717, 1.165) is 5.56 Å². The summed E-state index contributed by atoms with van der Waals surface area (Å²) in [5.74, 6) is -0.197. The molecule has 1 amide bonds. The lowest BCUT2D eigenvalue weighted by Gasteiger charge is -2.08. The van der Waals surface area contributed by atoms with Crippen molar-refractivity contribution in [1.82, 2.24) is 4.72 Å². The van der Waals surface area contributed by atoms with E-state index in [1.54, 1.807) is 36.4 Å². The minimum Gasteiger partial charge on any atom is -0.326 e. The standard InChI is InChI=1S/C17H17ClN2O3S/c1-2-11-19-24(22,23)16-9-7-15(8-10-16)20-17(21)12-13-3-5-14(18)6-4-13/h2-10,19H,1,11-12H2,(H,20,21). The van der Waals surface area contributed by atoms with Gasteiger partial charge in [-0.1, -0.05) is 29.8 Å². The van der Waals surface area contributed by atoms with Crippen molar-refractivity contribution in [2.45, 2.75) is 11.3 Å². The summed E-state index contributed by atoms with van der Waals surface area (Å²) in [5, 5.41) is 3.34. The first-order valence-corrected chi connectivity index (χ1v) is 9.02. The Balaban J connectivity index is 1.99. The highest BCUT2D eigenvalue weighted by Gasteiger charge is 2.12. The summed E-state index contributed by atoms with van der Waals surface area (Å²) < 4.78 is 26.3. The molecule has 2 aromatic carbocycles. The van der Waals surface area contributed by atoms with Gasteiger partial charge in [-0.2, -0.15) is 0 Å². The third-order valence-corrected chi connectivity index (χ3v) is 4.84. The van der Waals surface area contributed by atoms with E-state index in [2.05, 4.69) is 16.6 Å². The monoisotopic (exact) mass is 364 g/mol. The summed E-state index contributed by atoms with van der Waals surface area (Å²) in [4.78, 5) is 12.1. The van der Waals surface area contributed by atoms with Gasteiger partial charge in [-0.3, -0.25) is 4.79 Å². The topological polar surface area (TPSA) is 75.3 Å². The highest BCUT2D eigenvalue weighted by molar-refractivity contribution is 7.89. The summed E-state index contributed by atoms with van der Waals surface area (Å²) in [5.41, 5.74) is 1.36. The van der Waals surface area contributed by atoms with E-state index in [0.29, 0.717) is 10.7 Å². The Hall–Kier alpha value is -2.15. The van der Waals surface area contributed by atoms with Crippen molar-refractivity contribution >= 4 is 33.2 Å². The molecule has 0 bridgehead atoms. The SMILES string of the molecule is C=CCNS(=O)(=O)c1ccc(NC(=O)Cc2ccc(Cl)cc2)cc1. The molecule has 0 saturated carbocycles. The number of benzene rings is 2. The zero-order chi connectivity index (χ0) is 17.6. The Labute approximate surface area is 146 Å². The lowest BCUT2D eigenvalue weighted by atomic mass is 10.1. The molecule has 0 aliphatic rings. The number of carbonyl (C=O) groups excluding carboxylic acids is 1. The summed E-state index contributed by atoms with van der Waals surface area (Å²) in [7, 11) is -3.57. The van der Waals surface area contributed by atoms with Gasteiger partial charge in [-0.25, -0.2) is 13.1 Å². The van der Waals surface area contributed by atoms with Crippen molar-refractivity contribution in [3.63, 3.8) is 0 Å². The Morgan fingerprint density at radius 3 is 2.29 bits per heavy atom. The number of amides is 1. The van der Waals surface area contributed by atoms with Gasteiger partial charge in [0.2, 0.25) is 15.9 Å². The quantitative estimate of drug-likeness (QED) is 0.741. The van der Waals surface area contributed by atoms with Gasteiger partial charge in [0.1, 0.15) is 0 Å². The van der Waals surface area contributed by atoms with E-state index in [-0.39, 0.29) is 23.8 Å². The maximum absolute atomic E-state index is 12.0. The molecule has 0 spiro atoms. The van der Waals surface area contributed by atoms with Crippen LogP contribution in [-0.2, 0) is 21.2 Å². The van der Waals surface area contributed by atoms with E-state index >= 15 is 0 Å². The van der Waals surface area contributed by atoms with Crippen LogP contribution >= 0.6 is 11.6 Å². The van der Waals surface area contributed by atoms with Gasteiger partial charge in [0.25, 0.3) is 0 Å². The lowest BCUT2D eigenvalue weighted by molar-refractivity contribution is -0.115. The minimum absolute atomic E-state index is 0.125. The second kappa shape index (κ2) is 8.10. The van der Waals surface area contributed by atoms with Gasteiger partial charge in [-0.15, -0.1) is 6.58 Å². The van der Waals surface area contributed by atoms with Gasteiger partial charge < -0.3 is 5.32 Å². The zero-order valence-electron chi connectivity index (χ0n) is 12.8. The van der Waals surface area contributed by atoms with Crippen LogP contribution in [0.4, 0.5) is 5.69 Å². The molecule has 7 heteroatoms. The van der Waals surface area contributed by atoms with E-state index in [1.165, 1.54) is 18.2 Å². The summed E-state index contributed by atoms with van der Waals surface area (Å²) >= 11 is 5.80. The largest absolute Gasteiger partial charge is 0.326 e. The molecule has 0 aliphatic heterocycles. The van der Waals surface area contributed by atoms with Gasteiger partial charge in [0.15, 0.2) is 0 Å². The fraction of sp³-hybridized carbons (Fsp3) is 0.118. The fourth-order valence-electron chi connectivity index (χ4n) is 1.96. The maximum Gasteiger partial charge on any atom is 0.240 e. The van der Waals surface area contributed by atoms with Crippen molar-refractivity contribution in [2.75, 3.05) is 11.9 Å². The predicted molar refractivity (Wildman–Crippen MR) is 95.6 cm³/mol. The third-order valence-electron chi connectivity index (χ3n) is 3.14. The maximum atomic E-state index is 12.0. The van der Waals surface area contributed by atoms with Crippen LogP contribution in [0.15, 0.2) is 66.1 Å². The number of anilines is 1. The number of rotatable bonds is 7. The number of hydrogen-bond acceptors (Lipinski definition) is 3. The molecule has 0 aliphatic carbocycles. The first-order chi connectivity index (χ1) is 11.4. The van der Waals surface area contributed by atoms with E-state index < -0.39 is 10.0 Å². The third kappa shape index (κ3) is 5.19. The Bertz CT molecular complexity index is 816. The molecular weight excluding hydrogens is 348 g/mol. The molecule has 0 fully saturated rings. The summed E-state index contributed by atoms with van der Waals surface area (Å²) in [6.07, 6.45) is 1.67. The highest BCUT2D eigenvalue weighted by atomic mass is 35.5. The Morgan fingerprint density at radius 1 is 1.08 bits per heavy atom. The molecule has 126 valence electrons. The average Bonchev–Trinajstić information content (AvgIpc) is 2.55. The van der Waals surface area contributed by atoms with Crippen LogP contribution in [0, 0.1) is 0 Å². The molecule has 2 aromatic rings. The number of hydrogen-bond donors (Lipinski definition) is 2. The smallest absolute Gasteiger partial charge is 0.240 e. The number of carbonyl (C=O) groups is 1. The molecule has 0 saturated heterocycles. The molecular formula is C17H17ClN2O3S. The second-order valence-electron chi connectivity index (χ2n) is 5.02. The molecule has 0 atom stereocenters. The van der Waals surface area contributed by atoms with Crippen LogP contribution < -0.4 is 10.0 Å². The first-order valence-electron chi connectivity index (χ1n) is 7.15. The van der Waals surface area contributed by atoms with Crippen molar-refractivity contribution < 1.29 is 13.2 Å². The number of halogens is 1. The lowest BCUT2D eigenvalue weighted by Crippen LogP contribution is -2.23. The molecule has 0 aromatic heterocycles. The predicted octanol–water partition coefficient (Wildman–Crippen LogP) is 2.99. The summed E-state index contributed by atoms with van der Waals surface area (Å²) in [6, 6.07) is 13.0. The zero-order valence-corrected chi connectivity index (χ0v) is 14.4. The van der Waals surface area contributed by atoms with Crippen LogP contribution in [0.2, 0.25) is 5.02 Å². The fourth-order valence-corrected chi connectivity index (χ4v) is 3.09.